The van der Waals surface area contributed by atoms with Gasteiger partial charge in [0.1, 0.15) is 5.75 Å². The summed E-state index contributed by atoms with van der Waals surface area (Å²) >= 11 is 12.2. The van der Waals surface area contributed by atoms with Crippen LogP contribution in [0.1, 0.15) is 24.1 Å². The second kappa shape index (κ2) is 6.98. The average molecular weight is 310 g/mol. The molecule has 106 valence electrons. The standard InChI is InChI=1S/C16H17Cl2NO/c1-11(15-10-13(17)4-7-16(15)18)19-9-8-12-2-5-14(20)6-3-12/h2-7,10-11,19-20H,8-9H2,1H3. The lowest BCUT2D eigenvalue weighted by molar-refractivity contribution is 0.475. The first-order chi connectivity index (χ1) is 9.56. The van der Waals surface area contributed by atoms with Gasteiger partial charge >= 0.3 is 0 Å². The van der Waals surface area contributed by atoms with Crippen LogP contribution in [0, 0.1) is 0 Å². The molecule has 0 aromatic heterocycles. The van der Waals surface area contributed by atoms with E-state index >= 15 is 0 Å². The number of rotatable bonds is 5. The highest BCUT2D eigenvalue weighted by molar-refractivity contribution is 6.33. The summed E-state index contributed by atoms with van der Waals surface area (Å²) in [6, 6.07) is 12.9. The molecule has 0 saturated carbocycles. The Hall–Kier alpha value is -1.22. The monoisotopic (exact) mass is 309 g/mol. The number of hydrogen-bond acceptors (Lipinski definition) is 2. The molecular formula is C16H17Cl2NO. The minimum Gasteiger partial charge on any atom is -0.508 e. The number of phenols is 1. The van der Waals surface area contributed by atoms with E-state index in [9.17, 15) is 5.11 Å². The van der Waals surface area contributed by atoms with E-state index in [0.29, 0.717) is 10.8 Å². The summed E-state index contributed by atoms with van der Waals surface area (Å²) in [5, 5.41) is 14.1. The Bertz CT molecular complexity index is 569. The molecule has 2 N–H and O–H groups in total. The predicted octanol–water partition coefficient (Wildman–Crippen LogP) is 4.59. The van der Waals surface area contributed by atoms with E-state index in [-0.39, 0.29) is 6.04 Å². The molecule has 20 heavy (non-hydrogen) atoms. The van der Waals surface area contributed by atoms with Crippen molar-refractivity contribution < 1.29 is 5.11 Å². The van der Waals surface area contributed by atoms with E-state index in [1.165, 1.54) is 5.56 Å². The lowest BCUT2D eigenvalue weighted by Gasteiger charge is -2.16. The van der Waals surface area contributed by atoms with Gasteiger partial charge in [0.15, 0.2) is 0 Å². The second-order valence-electron chi connectivity index (χ2n) is 4.76. The Morgan fingerprint density at radius 2 is 1.80 bits per heavy atom. The predicted molar refractivity (Wildman–Crippen MR) is 84.7 cm³/mol. The summed E-state index contributed by atoms with van der Waals surface area (Å²) in [4.78, 5) is 0. The summed E-state index contributed by atoms with van der Waals surface area (Å²) in [6.45, 7) is 2.89. The van der Waals surface area contributed by atoms with Gasteiger partial charge in [-0.25, -0.2) is 0 Å². The summed E-state index contributed by atoms with van der Waals surface area (Å²) in [5.74, 6) is 0.292. The highest BCUT2D eigenvalue weighted by atomic mass is 35.5. The van der Waals surface area contributed by atoms with Crippen LogP contribution in [0.4, 0.5) is 0 Å². The Kier molecular flexibility index (Phi) is 5.30. The quantitative estimate of drug-likeness (QED) is 0.846. The smallest absolute Gasteiger partial charge is 0.115 e. The van der Waals surface area contributed by atoms with Gasteiger partial charge in [-0.15, -0.1) is 0 Å². The van der Waals surface area contributed by atoms with Crippen molar-refractivity contribution in [3.05, 3.63) is 63.6 Å². The van der Waals surface area contributed by atoms with E-state index < -0.39 is 0 Å². The van der Waals surface area contributed by atoms with Crippen LogP contribution in [-0.4, -0.2) is 11.7 Å². The van der Waals surface area contributed by atoms with Gasteiger partial charge in [0.25, 0.3) is 0 Å². The van der Waals surface area contributed by atoms with Crippen LogP contribution in [0.3, 0.4) is 0 Å². The van der Waals surface area contributed by atoms with Gasteiger partial charge in [0, 0.05) is 16.1 Å². The van der Waals surface area contributed by atoms with Crippen LogP contribution in [0.15, 0.2) is 42.5 Å². The van der Waals surface area contributed by atoms with Gasteiger partial charge in [-0.2, -0.15) is 0 Å². The molecule has 0 aliphatic carbocycles. The number of hydrogen-bond donors (Lipinski definition) is 2. The van der Waals surface area contributed by atoms with E-state index in [1.807, 2.05) is 24.3 Å². The topological polar surface area (TPSA) is 32.3 Å². The van der Waals surface area contributed by atoms with Gasteiger partial charge in [-0.3, -0.25) is 0 Å². The van der Waals surface area contributed by atoms with E-state index in [0.717, 1.165) is 23.6 Å². The Morgan fingerprint density at radius 3 is 2.50 bits per heavy atom. The van der Waals surface area contributed by atoms with Crippen molar-refractivity contribution in [3.8, 4) is 5.75 Å². The van der Waals surface area contributed by atoms with Crippen LogP contribution in [0.2, 0.25) is 10.0 Å². The SMILES string of the molecule is CC(NCCc1ccc(O)cc1)c1cc(Cl)ccc1Cl. The third-order valence-corrected chi connectivity index (χ3v) is 3.80. The molecule has 0 saturated heterocycles. The Balaban J connectivity index is 1.90. The molecule has 0 aliphatic rings. The van der Waals surface area contributed by atoms with Crippen LogP contribution < -0.4 is 5.32 Å². The number of benzene rings is 2. The Labute approximate surface area is 129 Å². The lowest BCUT2D eigenvalue weighted by atomic mass is 10.1. The molecule has 2 rings (SSSR count). The molecule has 0 spiro atoms. The molecule has 0 amide bonds. The third kappa shape index (κ3) is 4.14. The molecule has 0 fully saturated rings. The summed E-state index contributed by atoms with van der Waals surface area (Å²) in [5.41, 5.74) is 2.18. The van der Waals surface area contributed by atoms with Gasteiger partial charge in [-0.05, 0) is 61.3 Å². The highest BCUT2D eigenvalue weighted by Gasteiger charge is 2.09. The minimum absolute atomic E-state index is 0.137. The van der Waals surface area contributed by atoms with E-state index in [4.69, 9.17) is 23.2 Å². The molecule has 1 atom stereocenters. The van der Waals surface area contributed by atoms with Crippen LogP contribution in [0.25, 0.3) is 0 Å². The number of phenolic OH excluding ortho intramolecular Hbond substituents is 1. The van der Waals surface area contributed by atoms with Crippen molar-refractivity contribution in [1.29, 1.82) is 0 Å². The zero-order valence-corrected chi connectivity index (χ0v) is 12.7. The lowest BCUT2D eigenvalue weighted by Crippen LogP contribution is -2.21. The van der Waals surface area contributed by atoms with Crippen molar-refractivity contribution in [1.82, 2.24) is 5.32 Å². The zero-order valence-electron chi connectivity index (χ0n) is 11.2. The van der Waals surface area contributed by atoms with Crippen LogP contribution in [-0.2, 0) is 6.42 Å². The van der Waals surface area contributed by atoms with Gasteiger partial charge in [0.2, 0.25) is 0 Å². The third-order valence-electron chi connectivity index (χ3n) is 3.23. The number of halogens is 2. The summed E-state index contributed by atoms with van der Waals surface area (Å²) in [7, 11) is 0. The molecule has 0 radical (unpaired) electrons. The van der Waals surface area contributed by atoms with Crippen molar-refractivity contribution in [2.75, 3.05) is 6.54 Å². The van der Waals surface area contributed by atoms with Crippen molar-refractivity contribution in [2.45, 2.75) is 19.4 Å². The molecule has 2 aromatic carbocycles. The maximum atomic E-state index is 9.23. The number of aromatic hydroxyl groups is 1. The molecular weight excluding hydrogens is 293 g/mol. The maximum absolute atomic E-state index is 9.23. The molecule has 0 bridgehead atoms. The summed E-state index contributed by atoms with van der Waals surface area (Å²) in [6.07, 6.45) is 0.892. The first-order valence-electron chi connectivity index (χ1n) is 6.52. The Morgan fingerprint density at radius 1 is 1.10 bits per heavy atom. The first-order valence-corrected chi connectivity index (χ1v) is 7.28. The molecule has 2 aromatic rings. The fourth-order valence-electron chi connectivity index (χ4n) is 2.05. The van der Waals surface area contributed by atoms with Crippen molar-refractivity contribution in [2.24, 2.45) is 0 Å². The molecule has 1 unspecified atom stereocenters. The second-order valence-corrected chi connectivity index (χ2v) is 5.60. The largest absolute Gasteiger partial charge is 0.508 e. The fraction of sp³-hybridized carbons (Fsp3) is 0.250. The van der Waals surface area contributed by atoms with Crippen LogP contribution in [0.5, 0.6) is 5.75 Å². The molecule has 0 heterocycles. The normalized spacial score (nSPS) is 12.3. The van der Waals surface area contributed by atoms with E-state index in [2.05, 4.69) is 12.2 Å². The van der Waals surface area contributed by atoms with E-state index in [1.54, 1.807) is 18.2 Å². The summed E-state index contributed by atoms with van der Waals surface area (Å²) < 4.78 is 0. The van der Waals surface area contributed by atoms with Gasteiger partial charge < -0.3 is 10.4 Å². The first kappa shape index (κ1) is 15.2. The molecule has 0 aliphatic heterocycles. The maximum Gasteiger partial charge on any atom is 0.115 e. The zero-order chi connectivity index (χ0) is 14.5. The molecule has 4 heteroatoms. The van der Waals surface area contributed by atoms with Crippen molar-refractivity contribution >= 4 is 23.2 Å². The van der Waals surface area contributed by atoms with Crippen LogP contribution >= 0.6 is 23.2 Å². The van der Waals surface area contributed by atoms with Crippen molar-refractivity contribution in [3.63, 3.8) is 0 Å². The average Bonchev–Trinajstić information content (AvgIpc) is 2.43. The van der Waals surface area contributed by atoms with Gasteiger partial charge in [-0.1, -0.05) is 35.3 Å². The van der Waals surface area contributed by atoms with Gasteiger partial charge in [0.05, 0.1) is 0 Å². The highest BCUT2D eigenvalue weighted by Crippen LogP contribution is 2.26. The minimum atomic E-state index is 0.137. The molecule has 2 nitrogen and oxygen atoms in total. The fourth-order valence-corrected chi connectivity index (χ4v) is 2.51. The number of nitrogens with one attached hydrogen (secondary N) is 1.